The molecule has 94 valence electrons. The molecule has 0 fully saturated rings. The average Bonchev–Trinajstić information content (AvgIpc) is 2.24. The molecule has 6 heteroatoms. The fraction of sp³-hybridized carbons (Fsp3) is 0.364. The maximum absolute atomic E-state index is 13.1. The largest absolute Gasteiger partial charge is 0.325 e. The maximum Gasteiger partial charge on any atom is 0.237 e. The van der Waals surface area contributed by atoms with E-state index in [1.54, 1.807) is 0 Å². The molecule has 0 aliphatic carbocycles. The number of anilines is 1. The van der Waals surface area contributed by atoms with E-state index in [0.29, 0.717) is 5.69 Å². The molecule has 0 saturated heterocycles. The standard InChI is InChI=1S/C11H12Cl2FNOS/c1-5(2)10(17)11(16)15-6-3-7(12)9(14)8(13)4-6/h3-5,10,17H,1-2H3,(H,15,16). The lowest BCUT2D eigenvalue weighted by Crippen LogP contribution is -2.27. The molecule has 0 bridgehead atoms. The minimum absolute atomic E-state index is 0.0877. The number of carbonyl (C=O) groups excluding carboxylic acids is 1. The fourth-order valence-electron chi connectivity index (χ4n) is 1.15. The SMILES string of the molecule is CC(C)C(S)C(=O)Nc1cc(Cl)c(F)c(Cl)c1. The van der Waals surface area contributed by atoms with Gasteiger partial charge in [-0.25, -0.2) is 4.39 Å². The Kier molecular flexibility index (Phi) is 5.10. The van der Waals surface area contributed by atoms with Gasteiger partial charge in [0.25, 0.3) is 0 Å². The van der Waals surface area contributed by atoms with E-state index in [1.165, 1.54) is 12.1 Å². The number of hydrogen-bond donors (Lipinski definition) is 2. The average molecular weight is 296 g/mol. The monoisotopic (exact) mass is 295 g/mol. The molecule has 0 saturated carbocycles. The van der Waals surface area contributed by atoms with E-state index in [1.807, 2.05) is 13.8 Å². The van der Waals surface area contributed by atoms with E-state index >= 15 is 0 Å². The van der Waals surface area contributed by atoms with E-state index in [4.69, 9.17) is 23.2 Å². The lowest BCUT2D eigenvalue weighted by molar-refractivity contribution is -0.116. The second-order valence-electron chi connectivity index (χ2n) is 3.93. The van der Waals surface area contributed by atoms with Gasteiger partial charge in [-0.3, -0.25) is 4.79 Å². The van der Waals surface area contributed by atoms with Gasteiger partial charge >= 0.3 is 0 Å². The van der Waals surface area contributed by atoms with Gasteiger partial charge in [-0.2, -0.15) is 12.6 Å². The second kappa shape index (κ2) is 5.94. The molecule has 17 heavy (non-hydrogen) atoms. The predicted octanol–water partition coefficient (Wildman–Crippen LogP) is 4.03. The maximum atomic E-state index is 13.1. The van der Waals surface area contributed by atoms with Crippen LogP contribution in [0.3, 0.4) is 0 Å². The summed E-state index contributed by atoms with van der Waals surface area (Å²) in [5, 5.41) is 1.87. The molecule has 1 aromatic rings. The summed E-state index contributed by atoms with van der Waals surface area (Å²) in [6.45, 7) is 3.75. The quantitative estimate of drug-likeness (QED) is 0.640. The number of benzene rings is 1. The first kappa shape index (κ1) is 14.6. The van der Waals surface area contributed by atoms with Crippen molar-refractivity contribution in [3.63, 3.8) is 0 Å². The van der Waals surface area contributed by atoms with Crippen LogP contribution in [0.5, 0.6) is 0 Å². The summed E-state index contributed by atoms with van der Waals surface area (Å²) in [5.41, 5.74) is 0.353. The topological polar surface area (TPSA) is 29.1 Å². The first-order valence-corrected chi connectivity index (χ1v) is 6.23. The zero-order valence-corrected chi connectivity index (χ0v) is 11.7. The Hall–Kier alpha value is -0.450. The van der Waals surface area contributed by atoms with Crippen molar-refractivity contribution in [2.24, 2.45) is 5.92 Å². The molecule has 1 aromatic carbocycles. The van der Waals surface area contributed by atoms with Gasteiger partial charge in [0.2, 0.25) is 5.91 Å². The van der Waals surface area contributed by atoms with Gasteiger partial charge in [0.1, 0.15) is 0 Å². The van der Waals surface area contributed by atoms with E-state index in [-0.39, 0.29) is 21.9 Å². The van der Waals surface area contributed by atoms with Crippen molar-refractivity contribution >= 4 is 47.4 Å². The van der Waals surface area contributed by atoms with E-state index < -0.39 is 11.1 Å². The third-order valence-corrected chi connectivity index (χ3v) is 3.53. The first-order valence-electron chi connectivity index (χ1n) is 4.96. The van der Waals surface area contributed by atoms with Crippen LogP contribution < -0.4 is 5.32 Å². The zero-order chi connectivity index (χ0) is 13.2. The Bertz CT molecular complexity index is 416. The highest BCUT2D eigenvalue weighted by molar-refractivity contribution is 7.81. The highest BCUT2D eigenvalue weighted by atomic mass is 35.5. The summed E-state index contributed by atoms with van der Waals surface area (Å²) < 4.78 is 13.1. The van der Waals surface area contributed by atoms with Crippen molar-refractivity contribution in [2.45, 2.75) is 19.1 Å². The molecule has 0 spiro atoms. The van der Waals surface area contributed by atoms with Crippen molar-refractivity contribution in [3.05, 3.63) is 28.0 Å². The lowest BCUT2D eigenvalue weighted by Gasteiger charge is -2.15. The van der Waals surface area contributed by atoms with Crippen LogP contribution in [0.25, 0.3) is 0 Å². The Morgan fingerprint density at radius 1 is 1.35 bits per heavy atom. The third-order valence-electron chi connectivity index (χ3n) is 2.15. The van der Waals surface area contributed by atoms with Crippen molar-refractivity contribution < 1.29 is 9.18 Å². The Balaban J connectivity index is 2.86. The molecule has 0 radical (unpaired) electrons. The van der Waals surface area contributed by atoms with Crippen LogP contribution in [0.15, 0.2) is 12.1 Å². The van der Waals surface area contributed by atoms with E-state index in [9.17, 15) is 9.18 Å². The summed E-state index contributed by atoms with van der Waals surface area (Å²) in [6.07, 6.45) is 0. The van der Waals surface area contributed by atoms with Gasteiger partial charge in [0.05, 0.1) is 15.3 Å². The third kappa shape index (κ3) is 3.76. The molecule has 1 N–H and O–H groups in total. The van der Waals surface area contributed by atoms with Crippen LogP contribution in [0.1, 0.15) is 13.8 Å². The number of rotatable bonds is 3. The van der Waals surface area contributed by atoms with Crippen LogP contribution in [0, 0.1) is 11.7 Å². The van der Waals surface area contributed by atoms with Gasteiger partial charge < -0.3 is 5.32 Å². The number of carbonyl (C=O) groups is 1. The van der Waals surface area contributed by atoms with Gasteiger partial charge in [-0.1, -0.05) is 37.0 Å². The summed E-state index contributed by atoms with van der Waals surface area (Å²) in [7, 11) is 0. The normalized spacial score (nSPS) is 12.6. The van der Waals surface area contributed by atoms with Crippen molar-refractivity contribution in [2.75, 3.05) is 5.32 Å². The first-order chi connectivity index (χ1) is 7.82. The van der Waals surface area contributed by atoms with Gasteiger partial charge in [0, 0.05) is 5.69 Å². The molecule has 0 aliphatic heterocycles. The second-order valence-corrected chi connectivity index (χ2v) is 5.30. The molecule has 2 nitrogen and oxygen atoms in total. The molecular weight excluding hydrogens is 284 g/mol. The number of hydrogen-bond acceptors (Lipinski definition) is 2. The smallest absolute Gasteiger partial charge is 0.237 e. The molecular formula is C11H12Cl2FNOS. The van der Waals surface area contributed by atoms with Crippen LogP contribution in [0.4, 0.5) is 10.1 Å². The number of halogens is 3. The molecule has 0 aromatic heterocycles. The van der Waals surface area contributed by atoms with Crippen LogP contribution in [-0.4, -0.2) is 11.2 Å². The number of nitrogens with one attached hydrogen (secondary N) is 1. The molecule has 0 aliphatic rings. The highest BCUT2D eigenvalue weighted by Gasteiger charge is 2.18. The minimum Gasteiger partial charge on any atom is -0.325 e. The van der Waals surface area contributed by atoms with Crippen LogP contribution in [-0.2, 0) is 4.79 Å². The summed E-state index contributed by atoms with van der Waals surface area (Å²) in [5.74, 6) is -0.885. The van der Waals surface area contributed by atoms with E-state index in [2.05, 4.69) is 17.9 Å². The summed E-state index contributed by atoms with van der Waals surface area (Å²) >= 11 is 15.4. The highest BCUT2D eigenvalue weighted by Crippen LogP contribution is 2.27. The van der Waals surface area contributed by atoms with Crippen LogP contribution >= 0.6 is 35.8 Å². The molecule has 1 atom stereocenters. The van der Waals surface area contributed by atoms with Crippen LogP contribution in [0.2, 0.25) is 10.0 Å². The van der Waals surface area contributed by atoms with Gasteiger partial charge in [0.15, 0.2) is 5.82 Å². The Morgan fingerprint density at radius 2 is 1.82 bits per heavy atom. The van der Waals surface area contributed by atoms with E-state index in [0.717, 1.165) is 0 Å². The minimum atomic E-state index is -0.697. The molecule has 1 unspecified atom stereocenters. The van der Waals surface area contributed by atoms with Crippen molar-refractivity contribution in [3.8, 4) is 0 Å². The Labute approximate surface area is 115 Å². The zero-order valence-electron chi connectivity index (χ0n) is 9.30. The van der Waals surface area contributed by atoms with Crippen molar-refractivity contribution in [1.82, 2.24) is 0 Å². The number of amides is 1. The van der Waals surface area contributed by atoms with Gasteiger partial charge in [-0.05, 0) is 18.1 Å². The van der Waals surface area contributed by atoms with Gasteiger partial charge in [-0.15, -0.1) is 0 Å². The lowest BCUT2D eigenvalue weighted by atomic mass is 10.1. The summed E-state index contributed by atoms with van der Waals surface area (Å²) in [6, 6.07) is 2.61. The summed E-state index contributed by atoms with van der Waals surface area (Å²) in [4.78, 5) is 11.7. The molecule has 0 heterocycles. The Morgan fingerprint density at radius 3 is 2.24 bits per heavy atom. The molecule has 1 rings (SSSR count). The van der Waals surface area contributed by atoms with Crippen molar-refractivity contribution in [1.29, 1.82) is 0 Å². The predicted molar refractivity (Wildman–Crippen MR) is 72.7 cm³/mol. The fourth-order valence-corrected chi connectivity index (χ4v) is 1.70. The molecule has 1 amide bonds. The number of thiol groups is 1.